The highest BCUT2D eigenvalue weighted by molar-refractivity contribution is 5.73. The molecule has 0 aliphatic heterocycles. The van der Waals surface area contributed by atoms with E-state index >= 15 is 0 Å². The second-order valence-electron chi connectivity index (χ2n) is 5.86. The predicted molar refractivity (Wildman–Crippen MR) is 110 cm³/mol. The van der Waals surface area contributed by atoms with Gasteiger partial charge in [0.05, 0.1) is 14.2 Å². The first kappa shape index (κ1) is 17.6. The fraction of sp³-hybridized carbons (Fsp3) is 0.0833. The largest absolute Gasteiger partial charge is 0.493 e. The number of methoxy groups -OCH3 is 2. The Labute approximate surface area is 155 Å². The third-order valence-corrected chi connectivity index (χ3v) is 4.08. The highest BCUT2D eigenvalue weighted by atomic mass is 16.5. The van der Waals surface area contributed by atoms with Crippen molar-refractivity contribution in [1.29, 1.82) is 0 Å². The van der Waals surface area contributed by atoms with Crippen LogP contribution in [-0.4, -0.2) is 14.2 Å². The minimum Gasteiger partial charge on any atom is -0.493 e. The van der Waals surface area contributed by atoms with Crippen molar-refractivity contribution in [2.75, 3.05) is 14.2 Å². The molecule has 0 aliphatic rings. The first-order chi connectivity index (χ1) is 12.8. The number of hydrogen-bond donors (Lipinski definition) is 0. The van der Waals surface area contributed by atoms with E-state index in [0.717, 1.165) is 22.6 Å². The number of ether oxygens (including phenoxy) is 2. The van der Waals surface area contributed by atoms with E-state index in [9.17, 15) is 0 Å². The van der Waals surface area contributed by atoms with Crippen molar-refractivity contribution in [3.63, 3.8) is 0 Å². The van der Waals surface area contributed by atoms with Crippen LogP contribution in [-0.2, 0) is 0 Å². The molecule has 0 saturated carbocycles. The molecule has 3 aromatic rings. The minimum absolute atomic E-state index is 0.732. The van der Waals surface area contributed by atoms with Gasteiger partial charge in [0.2, 0.25) is 0 Å². The highest BCUT2D eigenvalue weighted by Gasteiger charge is 2.02. The smallest absolute Gasteiger partial charge is 0.161 e. The average molecular weight is 342 g/mol. The van der Waals surface area contributed by atoms with Crippen LogP contribution in [0.15, 0.2) is 72.8 Å². The van der Waals surface area contributed by atoms with E-state index in [4.69, 9.17) is 9.47 Å². The maximum Gasteiger partial charge on any atom is 0.161 e. The summed E-state index contributed by atoms with van der Waals surface area (Å²) >= 11 is 0. The highest BCUT2D eigenvalue weighted by Crippen LogP contribution is 2.28. The molecule has 3 rings (SSSR count). The molecule has 2 heteroatoms. The molecule has 0 unspecified atom stereocenters. The zero-order valence-corrected chi connectivity index (χ0v) is 15.1. The van der Waals surface area contributed by atoms with Gasteiger partial charge in [-0.05, 0) is 34.4 Å². The van der Waals surface area contributed by atoms with E-state index in [1.54, 1.807) is 14.2 Å². The van der Waals surface area contributed by atoms with Crippen molar-refractivity contribution < 1.29 is 9.47 Å². The maximum absolute atomic E-state index is 5.34. The van der Waals surface area contributed by atoms with Crippen molar-refractivity contribution in [3.05, 3.63) is 95.1 Å². The molecule has 0 atom stereocenters. The third-order valence-electron chi connectivity index (χ3n) is 4.08. The Balaban J connectivity index is 1.69. The molecular formula is C24H22O2. The molecule has 0 spiro atoms. The Kier molecular flexibility index (Phi) is 5.89. The van der Waals surface area contributed by atoms with E-state index in [1.807, 2.05) is 36.4 Å². The van der Waals surface area contributed by atoms with E-state index < -0.39 is 0 Å². The summed E-state index contributed by atoms with van der Waals surface area (Å²) in [4.78, 5) is 0. The Hall–Kier alpha value is -3.26. The normalized spacial score (nSPS) is 11.2. The zero-order chi connectivity index (χ0) is 18.2. The van der Waals surface area contributed by atoms with Gasteiger partial charge >= 0.3 is 0 Å². The molecule has 0 aliphatic carbocycles. The number of rotatable bonds is 6. The summed E-state index contributed by atoms with van der Waals surface area (Å²) in [6, 6.07) is 24.6. The van der Waals surface area contributed by atoms with Crippen LogP contribution in [0.5, 0.6) is 11.5 Å². The third kappa shape index (κ3) is 4.64. The van der Waals surface area contributed by atoms with Gasteiger partial charge in [0.1, 0.15) is 0 Å². The summed E-state index contributed by atoms with van der Waals surface area (Å²) in [5, 5.41) is 0. The summed E-state index contributed by atoms with van der Waals surface area (Å²) in [6.07, 6.45) is 8.40. The zero-order valence-electron chi connectivity index (χ0n) is 15.1. The minimum atomic E-state index is 0.732. The molecule has 0 saturated heterocycles. The van der Waals surface area contributed by atoms with Gasteiger partial charge in [-0.2, -0.15) is 0 Å². The lowest BCUT2D eigenvalue weighted by atomic mass is 10.1. The monoisotopic (exact) mass is 342 g/mol. The van der Waals surface area contributed by atoms with E-state index in [-0.39, 0.29) is 0 Å². The molecule has 0 amide bonds. The lowest BCUT2D eigenvalue weighted by molar-refractivity contribution is 0.355. The second-order valence-corrected chi connectivity index (χ2v) is 5.86. The number of benzene rings is 3. The Morgan fingerprint density at radius 1 is 0.500 bits per heavy atom. The van der Waals surface area contributed by atoms with Crippen LogP contribution in [0.1, 0.15) is 22.3 Å². The van der Waals surface area contributed by atoms with Crippen molar-refractivity contribution in [2.45, 2.75) is 0 Å². The molecule has 2 nitrogen and oxygen atoms in total. The van der Waals surface area contributed by atoms with Crippen molar-refractivity contribution >= 4 is 24.3 Å². The van der Waals surface area contributed by atoms with Crippen LogP contribution in [0.2, 0.25) is 0 Å². The van der Waals surface area contributed by atoms with Gasteiger partial charge in [0, 0.05) is 0 Å². The van der Waals surface area contributed by atoms with Gasteiger partial charge in [-0.1, -0.05) is 85.0 Å². The Bertz CT molecular complexity index is 891. The van der Waals surface area contributed by atoms with Crippen LogP contribution in [0, 0.1) is 0 Å². The van der Waals surface area contributed by atoms with Crippen molar-refractivity contribution in [1.82, 2.24) is 0 Å². The fourth-order valence-corrected chi connectivity index (χ4v) is 2.62. The molecule has 0 bridgehead atoms. The van der Waals surface area contributed by atoms with Crippen molar-refractivity contribution in [2.24, 2.45) is 0 Å². The fourth-order valence-electron chi connectivity index (χ4n) is 2.62. The Morgan fingerprint density at radius 3 is 1.50 bits per heavy atom. The molecule has 26 heavy (non-hydrogen) atoms. The van der Waals surface area contributed by atoms with Crippen LogP contribution >= 0.6 is 0 Å². The standard InChI is InChI=1S/C24H22O2/c1-25-23-17-16-22(18-24(23)26-2)15-14-21-12-10-20(11-13-21)9-8-19-6-4-3-5-7-19/h3-18H,1-2H3/b9-8+,15-14+. The van der Waals surface area contributed by atoms with E-state index in [1.165, 1.54) is 11.1 Å². The molecular weight excluding hydrogens is 320 g/mol. The summed E-state index contributed by atoms with van der Waals surface area (Å²) in [5.41, 5.74) is 4.59. The predicted octanol–water partition coefficient (Wildman–Crippen LogP) is 6.04. The SMILES string of the molecule is COc1ccc(/C=C/c2ccc(/C=C/c3ccccc3)cc2)cc1OC. The first-order valence-electron chi connectivity index (χ1n) is 8.52. The average Bonchev–Trinajstić information content (AvgIpc) is 2.72. The van der Waals surface area contributed by atoms with Gasteiger partial charge in [-0.15, -0.1) is 0 Å². The second kappa shape index (κ2) is 8.72. The Morgan fingerprint density at radius 2 is 0.962 bits per heavy atom. The maximum atomic E-state index is 5.34. The van der Waals surface area contributed by atoms with Crippen LogP contribution < -0.4 is 9.47 Å². The molecule has 0 fully saturated rings. The molecule has 3 aromatic carbocycles. The summed E-state index contributed by atoms with van der Waals surface area (Å²) in [7, 11) is 3.29. The van der Waals surface area contributed by atoms with Crippen LogP contribution in [0.3, 0.4) is 0 Å². The van der Waals surface area contributed by atoms with Crippen LogP contribution in [0.25, 0.3) is 24.3 Å². The molecule has 0 N–H and O–H groups in total. The molecule has 0 radical (unpaired) electrons. The van der Waals surface area contributed by atoms with Crippen LogP contribution in [0.4, 0.5) is 0 Å². The lowest BCUT2D eigenvalue weighted by Crippen LogP contribution is -1.90. The van der Waals surface area contributed by atoms with E-state index in [2.05, 4.69) is 60.7 Å². The lowest BCUT2D eigenvalue weighted by Gasteiger charge is -2.07. The summed E-state index contributed by atoms with van der Waals surface area (Å²) in [6.45, 7) is 0. The van der Waals surface area contributed by atoms with Gasteiger partial charge in [-0.3, -0.25) is 0 Å². The number of hydrogen-bond acceptors (Lipinski definition) is 2. The van der Waals surface area contributed by atoms with Gasteiger partial charge in [0.25, 0.3) is 0 Å². The topological polar surface area (TPSA) is 18.5 Å². The first-order valence-corrected chi connectivity index (χ1v) is 8.52. The van der Waals surface area contributed by atoms with Gasteiger partial charge in [0.15, 0.2) is 11.5 Å². The molecule has 0 aromatic heterocycles. The summed E-state index contributed by atoms with van der Waals surface area (Å²) < 4.78 is 10.6. The van der Waals surface area contributed by atoms with Gasteiger partial charge in [-0.25, -0.2) is 0 Å². The van der Waals surface area contributed by atoms with Gasteiger partial charge < -0.3 is 9.47 Å². The summed E-state index contributed by atoms with van der Waals surface area (Å²) in [5.74, 6) is 1.47. The molecule has 130 valence electrons. The van der Waals surface area contributed by atoms with E-state index in [0.29, 0.717) is 0 Å². The van der Waals surface area contributed by atoms with Crippen molar-refractivity contribution in [3.8, 4) is 11.5 Å². The molecule has 0 heterocycles. The quantitative estimate of drug-likeness (QED) is 0.508.